The van der Waals surface area contributed by atoms with Crippen LogP contribution in [0, 0.1) is 29.1 Å². The molecule has 0 aromatic carbocycles. The van der Waals surface area contributed by atoms with Gasteiger partial charge in [-0.15, -0.1) is 0 Å². The van der Waals surface area contributed by atoms with Gasteiger partial charge in [-0.3, -0.25) is 0 Å². The van der Waals surface area contributed by atoms with Gasteiger partial charge in [0.1, 0.15) is 0 Å². The van der Waals surface area contributed by atoms with Crippen LogP contribution in [0.4, 0.5) is 0 Å². The molecule has 3 saturated carbocycles. The Labute approximate surface area is 190 Å². The van der Waals surface area contributed by atoms with Gasteiger partial charge in [0.15, 0.2) is 0 Å². The molecule has 0 amide bonds. The fraction of sp³-hybridized carbons (Fsp3) is 0.786. The molecule has 0 spiro atoms. The number of fused-ring (bicyclic) bond motifs is 1. The van der Waals surface area contributed by atoms with Crippen LogP contribution in [0.15, 0.2) is 35.5 Å². The lowest BCUT2D eigenvalue weighted by molar-refractivity contribution is 0.0283. The molecule has 0 radical (unpaired) electrons. The van der Waals surface area contributed by atoms with Crippen LogP contribution < -0.4 is 0 Å². The zero-order chi connectivity index (χ0) is 23.0. The van der Waals surface area contributed by atoms with Crippen molar-refractivity contribution in [2.45, 2.75) is 110 Å². The van der Waals surface area contributed by atoms with Gasteiger partial charge >= 0.3 is 0 Å². The summed E-state index contributed by atoms with van der Waals surface area (Å²) in [5, 5.41) is 30.7. The van der Waals surface area contributed by atoms with E-state index in [1.165, 1.54) is 32.1 Å². The molecule has 0 aromatic rings. The van der Waals surface area contributed by atoms with Gasteiger partial charge in [0.2, 0.25) is 0 Å². The van der Waals surface area contributed by atoms with Crippen LogP contribution in [0.25, 0.3) is 0 Å². The summed E-state index contributed by atoms with van der Waals surface area (Å²) >= 11 is 0. The van der Waals surface area contributed by atoms with Crippen LogP contribution in [0.1, 0.15) is 92.4 Å². The van der Waals surface area contributed by atoms with Gasteiger partial charge in [-0.1, -0.05) is 57.9 Å². The maximum absolute atomic E-state index is 10.4. The maximum atomic E-state index is 10.4. The Morgan fingerprint density at radius 3 is 2.61 bits per heavy atom. The minimum atomic E-state index is -0.648. The van der Waals surface area contributed by atoms with Crippen LogP contribution in [0.3, 0.4) is 0 Å². The Hall–Kier alpha value is -0.900. The second kappa shape index (κ2) is 9.53. The lowest BCUT2D eigenvalue weighted by Crippen LogP contribution is -2.36. The van der Waals surface area contributed by atoms with Crippen molar-refractivity contribution in [3.05, 3.63) is 35.5 Å². The third kappa shape index (κ3) is 5.37. The molecule has 3 N–H and O–H groups in total. The number of aliphatic hydroxyl groups excluding tert-OH is 2. The second-order valence-corrected chi connectivity index (χ2v) is 11.8. The molecule has 0 aliphatic heterocycles. The van der Waals surface area contributed by atoms with Crippen molar-refractivity contribution in [1.29, 1.82) is 0 Å². The highest BCUT2D eigenvalue weighted by Crippen LogP contribution is 2.60. The van der Waals surface area contributed by atoms with Gasteiger partial charge in [0.05, 0.1) is 17.8 Å². The molecule has 0 bridgehead atoms. The molecular weight excluding hydrogens is 384 g/mol. The van der Waals surface area contributed by atoms with Gasteiger partial charge in [-0.2, -0.15) is 0 Å². The molecule has 176 valence electrons. The van der Waals surface area contributed by atoms with E-state index in [4.69, 9.17) is 0 Å². The van der Waals surface area contributed by atoms with E-state index in [-0.39, 0.29) is 5.92 Å². The van der Waals surface area contributed by atoms with Crippen LogP contribution in [-0.4, -0.2) is 33.1 Å². The summed E-state index contributed by atoms with van der Waals surface area (Å²) in [5.74, 6) is 1.94. The average molecular weight is 431 g/mol. The largest absolute Gasteiger partial charge is 0.392 e. The minimum absolute atomic E-state index is 0.149. The maximum Gasteiger partial charge on any atom is 0.0837 e. The normalized spacial score (nSPS) is 40.4. The van der Waals surface area contributed by atoms with Crippen molar-refractivity contribution in [3.63, 3.8) is 0 Å². The third-order valence-corrected chi connectivity index (χ3v) is 8.97. The zero-order valence-corrected chi connectivity index (χ0v) is 20.5. The Morgan fingerprint density at radius 2 is 1.94 bits per heavy atom. The number of allylic oxidation sites excluding steroid dienone is 3. The lowest BCUT2D eigenvalue weighted by atomic mass is 9.60. The molecule has 7 atom stereocenters. The highest BCUT2D eigenvalue weighted by molar-refractivity contribution is 5.39. The summed E-state index contributed by atoms with van der Waals surface area (Å²) in [5.41, 5.74) is 3.15. The smallest absolute Gasteiger partial charge is 0.0837 e. The van der Waals surface area contributed by atoms with Gasteiger partial charge in [-0.05, 0) is 93.1 Å². The second-order valence-electron chi connectivity index (χ2n) is 11.8. The molecule has 3 nitrogen and oxygen atoms in total. The van der Waals surface area contributed by atoms with Crippen molar-refractivity contribution in [2.24, 2.45) is 29.1 Å². The zero-order valence-electron chi connectivity index (χ0n) is 20.5. The van der Waals surface area contributed by atoms with Gasteiger partial charge < -0.3 is 15.3 Å². The molecule has 31 heavy (non-hydrogen) atoms. The minimum Gasteiger partial charge on any atom is -0.392 e. The van der Waals surface area contributed by atoms with Crippen molar-refractivity contribution in [2.75, 3.05) is 0 Å². The summed E-state index contributed by atoms with van der Waals surface area (Å²) < 4.78 is 0. The van der Waals surface area contributed by atoms with E-state index in [0.29, 0.717) is 23.7 Å². The molecule has 3 rings (SSSR count). The monoisotopic (exact) mass is 430 g/mol. The van der Waals surface area contributed by atoms with Crippen LogP contribution in [0.2, 0.25) is 0 Å². The standard InChI is InChI=1S/C28H46O3/c1-18(9-7-15-27(4,5)31)23-13-14-24-21(10-8-16-28(23,24)6)11-12-22-17-25(29)20(3)26(30)19(22)2/h11-12,18,20,23-26,29-31H,2,7-10,13-17H2,1,3-6H3/b21-11+,22-12-/t18-,20+,23+,24-,25-,26+,28+/m0/s1. The quantitative estimate of drug-likeness (QED) is 0.488. The average Bonchev–Trinajstić information content (AvgIpc) is 3.04. The Bertz CT molecular complexity index is 712. The highest BCUT2D eigenvalue weighted by Gasteiger charge is 2.50. The summed E-state index contributed by atoms with van der Waals surface area (Å²) in [6.07, 6.45) is 13.4. The number of aliphatic hydroxyl groups is 3. The van der Waals surface area contributed by atoms with Crippen LogP contribution in [-0.2, 0) is 0 Å². The van der Waals surface area contributed by atoms with Crippen molar-refractivity contribution in [3.8, 4) is 0 Å². The van der Waals surface area contributed by atoms with Gasteiger partial charge in [0, 0.05) is 5.92 Å². The lowest BCUT2D eigenvalue weighted by Gasteiger charge is -2.44. The first-order valence-corrected chi connectivity index (χ1v) is 12.6. The topological polar surface area (TPSA) is 60.7 Å². The van der Waals surface area contributed by atoms with Crippen LogP contribution >= 0.6 is 0 Å². The molecule has 0 unspecified atom stereocenters. The number of rotatable bonds is 6. The van der Waals surface area contributed by atoms with Gasteiger partial charge in [0.25, 0.3) is 0 Å². The fourth-order valence-corrected chi connectivity index (χ4v) is 6.91. The number of hydrogen-bond acceptors (Lipinski definition) is 3. The van der Waals surface area contributed by atoms with Crippen LogP contribution in [0.5, 0.6) is 0 Å². The van der Waals surface area contributed by atoms with Crippen molar-refractivity contribution < 1.29 is 15.3 Å². The first-order chi connectivity index (χ1) is 14.4. The van der Waals surface area contributed by atoms with Crippen molar-refractivity contribution in [1.82, 2.24) is 0 Å². The molecule has 0 aromatic heterocycles. The molecule has 3 heteroatoms. The fourth-order valence-electron chi connectivity index (χ4n) is 6.91. The summed E-state index contributed by atoms with van der Waals surface area (Å²) in [6.45, 7) is 14.8. The Morgan fingerprint density at radius 1 is 1.23 bits per heavy atom. The molecule has 0 heterocycles. The van der Waals surface area contributed by atoms with E-state index in [9.17, 15) is 15.3 Å². The summed E-state index contributed by atoms with van der Waals surface area (Å²) in [4.78, 5) is 0. The molecular formula is C28H46O3. The first kappa shape index (κ1) is 24.7. The number of hydrogen-bond donors (Lipinski definition) is 3. The Balaban J connectivity index is 1.71. The van der Waals surface area contributed by atoms with Gasteiger partial charge in [-0.25, -0.2) is 0 Å². The van der Waals surface area contributed by atoms with E-state index in [2.05, 4.69) is 32.6 Å². The first-order valence-electron chi connectivity index (χ1n) is 12.6. The SMILES string of the molecule is C=C1/C(=C\C=C2/CCC[C@]3(C)[C@@H]([C@@H](C)CCCC(C)(C)O)CC[C@@H]23)C[C@H](O)[C@@H](C)[C@@H]1O. The van der Waals surface area contributed by atoms with E-state index in [1.807, 2.05) is 20.8 Å². The molecule has 3 aliphatic rings. The van der Waals surface area contributed by atoms with E-state index in [1.54, 1.807) is 5.57 Å². The van der Waals surface area contributed by atoms with E-state index < -0.39 is 17.8 Å². The molecule has 3 aliphatic carbocycles. The predicted octanol–water partition coefficient (Wildman–Crippen LogP) is 5.95. The molecule has 3 fully saturated rings. The van der Waals surface area contributed by atoms with E-state index in [0.717, 1.165) is 36.3 Å². The third-order valence-electron chi connectivity index (χ3n) is 8.97. The predicted molar refractivity (Wildman–Crippen MR) is 129 cm³/mol. The highest BCUT2D eigenvalue weighted by atomic mass is 16.3. The molecule has 0 saturated heterocycles. The Kier molecular flexibility index (Phi) is 7.61. The summed E-state index contributed by atoms with van der Waals surface area (Å²) in [7, 11) is 0. The van der Waals surface area contributed by atoms with Crippen molar-refractivity contribution >= 4 is 0 Å². The van der Waals surface area contributed by atoms with E-state index >= 15 is 0 Å². The summed E-state index contributed by atoms with van der Waals surface area (Å²) in [6, 6.07) is 0.